The molecule has 194 valence electrons. The normalized spacial score (nSPS) is 15.3. The summed E-state index contributed by atoms with van der Waals surface area (Å²) in [5.41, 5.74) is 6.44. The van der Waals surface area contributed by atoms with Crippen LogP contribution in [0.15, 0.2) is 30.3 Å². The predicted octanol–water partition coefficient (Wildman–Crippen LogP) is -1.00. The van der Waals surface area contributed by atoms with Gasteiger partial charge < -0.3 is 37.0 Å². The topological polar surface area (TPSA) is 208 Å². The highest BCUT2D eigenvalue weighted by molar-refractivity contribution is 5.94. The Morgan fingerprint density at radius 3 is 1.91 bits per heavy atom. The van der Waals surface area contributed by atoms with Crippen LogP contribution in [0, 0.1) is 5.92 Å². The maximum Gasteiger partial charge on any atom is 0.326 e. The van der Waals surface area contributed by atoms with E-state index in [1.54, 1.807) is 44.2 Å². The van der Waals surface area contributed by atoms with E-state index in [0.717, 1.165) is 0 Å². The van der Waals surface area contributed by atoms with Crippen molar-refractivity contribution in [2.75, 3.05) is 0 Å². The van der Waals surface area contributed by atoms with E-state index in [-0.39, 0.29) is 18.8 Å². The third kappa shape index (κ3) is 10.1. The average molecular weight is 495 g/mol. The molecule has 0 heterocycles. The van der Waals surface area contributed by atoms with Crippen molar-refractivity contribution in [1.82, 2.24) is 16.0 Å². The van der Waals surface area contributed by atoms with Gasteiger partial charge in [-0.3, -0.25) is 19.2 Å². The molecule has 0 aromatic heterocycles. The minimum Gasteiger partial charge on any atom is -0.481 e. The fourth-order valence-electron chi connectivity index (χ4n) is 3.08. The Bertz CT molecular complexity index is 891. The summed E-state index contributed by atoms with van der Waals surface area (Å²) in [6, 6.07) is 3.35. The molecular formula is C23H34N4O8. The molecule has 5 unspecified atom stereocenters. The number of carboxylic acid groups (broad SMARTS) is 2. The van der Waals surface area contributed by atoms with Crippen molar-refractivity contribution in [2.24, 2.45) is 11.7 Å². The lowest BCUT2D eigenvalue weighted by atomic mass is 10.0. The van der Waals surface area contributed by atoms with Gasteiger partial charge in [0.05, 0.1) is 12.1 Å². The molecule has 35 heavy (non-hydrogen) atoms. The minimum absolute atomic E-state index is 0.0349. The van der Waals surface area contributed by atoms with Gasteiger partial charge in [-0.15, -0.1) is 0 Å². The molecule has 0 radical (unpaired) electrons. The molecule has 0 saturated heterocycles. The first kappa shape index (κ1) is 29.5. The fourth-order valence-corrected chi connectivity index (χ4v) is 3.08. The lowest BCUT2D eigenvalue weighted by Gasteiger charge is -2.26. The Labute approximate surface area is 203 Å². The predicted molar refractivity (Wildman–Crippen MR) is 125 cm³/mol. The Hall–Kier alpha value is -3.51. The van der Waals surface area contributed by atoms with Crippen LogP contribution in [0.1, 0.15) is 39.2 Å². The van der Waals surface area contributed by atoms with Crippen molar-refractivity contribution < 1.29 is 39.3 Å². The molecule has 0 saturated carbocycles. The molecule has 12 nitrogen and oxygen atoms in total. The first-order valence-electron chi connectivity index (χ1n) is 11.2. The first-order chi connectivity index (χ1) is 16.3. The molecule has 0 fully saturated rings. The molecule has 1 aromatic rings. The number of hydrogen-bond donors (Lipinski definition) is 7. The number of carbonyl (C=O) groups is 5. The van der Waals surface area contributed by atoms with E-state index < -0.39 is 66.4 Å². The lowest BCUT2D eigenvalue weighted by molar-refractivity contribution is -0.143. The maximum atomic E-state index is 12.8. The van der Waals surface area contributed by atoms with Crippen LogP contribution < -0.4 is 21.7 Å². The number of carboxylic acids is 2. The van der Waals surface area contributed by atoms with Crippen LogP contribution in [-0.4, -0.2) is 75.3 Å². The van der Waals surface area contributed by atoms with Crippen molar-refractivity contribution >= 4 is 29.7 Å². The summed E-state index contributed by atoms with van der Waals surface area (Å²) in [6.45, 7) is 4.61. The highest BCUT2D eigenvalue weighted by atomic mass is 16.4. The van der Waals surface area contributed by atoms with Crippen LogP contribution in [0.25, 0.3) is 0 Å². The van der Waals surface area contributed by atoms with Crippen molar-refractivity contribution in [3.63, 3.8) is 0 Å². The summed E-state index contributed by atoms with van der Waals surface area (Å²) in [5.74, 6) is -5.35. The zero-order valence-electron chi connectivity index (χ0n) is 19.9. The summed E-state index contributed by atoms with van der Waals surface area (Å²) in [6.07, 6.45) is -2.22. The number of rotatable bonds is 14. The Balaban J connectivity index is 2.99. The summed E-state index contributed by atoms with van der Waals surface area (Å²) in [4.78, 5) is 60.6. The van der Waals surface area contributed by atoms with Crippen molar-refractivity contribution in [2.45, 2.75) is 70.3 Å². The largest absolute Gasteiger partial charge is 0.481 e. The summed E-state index contributed by atoms with van der Waals surface area (Å²) >= 11 is 0. The van der Waals surface area contributed by atoms with E-state index in [0.29, 0.717) is 5.56 Å². The molecule has 0 aliphatic carbocycles. The second kappa shape index (κ2) is 14.0. The molecule has 12 heteroatoms. The number of aliphatic hydroxyl groups is 1. The van der Waals surface area contributed by atoms with Gasteiger partial charge in [0, 0.05) is 12.8 Å². The van der Waals surface area contributed by atoms with Crippen molar-refractivity contribution in [3.05, 3.63) is 35.9 Å². The second-order valence-electron chi connectivity index (χ2n) is 8.58. The Morgan fingerprint density at radius 1 is 0.857 bits per heavy atom. The van der Waals surface area contributed by atoms with Gasteiger partial charge in [0.15, 0.2) is 0 Å². The number of carbonyl (C=O) groups excluding carboxylic acids is 3. The number of aliphatic carboxylic acids is 2. The molecule has 1 rings (SSSR count). The second-order valence-corrected chi connectivity index (χ2v) is 8.58. The third-order valence-electron chi connectivity index (χ3n) is 5.26. The smallest absolute Gasteiger partial charge is 0.326 e. The number of benzene rings is 1. The molecule has 0 aliphatic rings. The van der Waals surface area contributed by atoms with E-state index in [9.17, 15) is 34.2 Å². The third-order valence-corrected chi connectivity index (χ3v) is 5.26. The number of nitrogens with two attached hydrogens (primary N) is 1. The number of nitrogens with one attached hydrogen (secondary N) is 3. The van der Waals surface area contributed by atoms with Gasteiger partial charge in [-0.2, -0.15) is 0 Å². The quantitative estimate of drug-likeness (QED) is 0.169. The molecule has 5 atom stereocenters. The monoisotopic (exact) mass is 494 g/mol. The van der Waals surface area contributed by atoms with Gasteiger partial charge in [-0.25, -0.2) is 4.79 Å². The van der Waals surface area contributed by atoms with Gasteiger partial charge in [0.25, 0.3) is 0 Å². The first-order valence-corrected chi connectivity index (χ1v) is 11.2. The lowest BCUT2D eigenvalue weighted by Crippen LogP contribution is -2.60. The molecular weight excluding hydrogens is 460 g/mol. The molecule has 0 aliphatic heterocycles. The fraction of sp³-hybridized carbons (Fsp3) is 0.522. The standard InChI is InChI=1S/C23H34N4O8/c1-12(2)18(24)21(32)25-15(9-10-17(29)30)20(31)27-19(13(3)28)22(33)26-16(23(34)35)11-14-7-5-4-6-8-14/h4-8,12-13,15-16,18-19,28H,9-11,24H2,1-3H3,(H,25,32)(H,26,33)(H,27,31)(H,29,30)(H,34,35). The molecule has 0 spiro atoms. The van der Waals surface area contributed by atoms with Crippen LogP contribution >= 0.6 is 0 Å². The van der Waals surface area contributed by atoms with E-state index in [2.05, 4.69) is 16.0 Å². The van der Waals surface area contributed by atoms with Crippen LogP contribution in [-0.2, 0) is 30.4 Å². The van der Waals surface area contributed by atoms with Crippen molar-refractivity contribution in [1.29, 1.82) is 0 Å². The van der Waals surface area contributed by atoms with E-state index in [1.807, 2.05) is 0 Å². The average Bonchev–Trinajstić information content (AvgIpc) is 2.78. The zero-order chi connectivity index (χ0) is 26.7. The van der Waals surface area contributed by atoms with Gasteiger partial charge in [0.2, 0.25) is 17.7 Å². The van der Waals surface area contributed by atoms with E-state index in [4.69, 9.17) is 10.8 Å². The maximum absolute atomic E-state index is 12.8. The number of hydrogen-bond acceptors (Lipinski definition) is 7. The summed E-state index contributed by atoms with van der Waals surface area (Å²) < 4.78 is 0. The SMILES string of the molecule is CC(C)C(N)C(=O)NC(CCC(=O)O)C(=O)NC(C(=O)NC(Cc1ccccc1)C(=O)O)C(C)O. The molecule has 1 aromatic carbocycles. The Kier molecular flexibility index (Phi) is 11.8. The number of aliphatic hydroxyl groups excluding tert-OH is 1. The summed E-state index contributed by atoms with van der Waals surface area (Å²) in [7, 11) is 0. The molecule has 8 N–H and O–H groups in total. The summed E-state index contributed by atoms with van der Waals surface area (Å²) in [5, 5.41) is 35.5. The van der Waals surface area contributed by atoms with Crippen LogP contribution in [0.2, 0.25) is 0 Å². The zero-order valence-corrected chi connectivity index (χ0v) is 19.9. The van der Waals surface area contributed by atoms with E-state index in [1.165, 1.54) is 6.92 Å². The Morgan fingerprint density at radius 2 is 1.43 bits per heavy atom. The van der Waals surface area contributed by atoms with Crippen LogP contribution in [0.4, 0.5) is 0 Å². The van der Waals surface area contributed by atoms with Gasteiger partial charge in [-0.1, -0.05) is 44.2 Å². The van der Waals surface area contributed by atoms with Gasteiger partial charge in [0.1, 0.15) is 18.1 Å². The molecule has 0 bridgehead atoms. The highest BCUT2D eigenvalue weighted by Crippen LogP contribution is 2.07. The number of amides is 3. The van der Waals surface area contributed by atoms with Gasteiger partial charge >= 0.3 is 11.9 Å². The van der Waals surface area contributed by atoms with E-state index >= 15 is 0 Å². The highest BCUT2D eigenvalue weighted by Gasteiger charge is 2.33. The van der Waals surface area contributed by atoms with Crippen LogP contribution in [0.5, 0.6) is 0 Å². The van der Waals surface area contributed by atoms with Gasteiger partial charge in [-0.05, 0) is 24.8 Å². The van der Waals surface area contributed by atoms with Crippen molar-refractivity contribution in [3.8, 4) is 0 Å². The van der Waals surface area contributed by atoms with Crippen LogP contribution in [0.3, 0.4) is 0 Å². The minimum atomic E-state index is -1.57. The molecule has 3 amide bonds.